The van der Waals surface area contributed by atoms with Gasteiger partial charge in [0, 0.05) is 17.1 Å². The van der Waals surface area contributed by atoms with Crippen molar-refractivity contribution in [1.82, 2.24) is 10.3 Å². The molecule has 2 nitrogen and oxygen atoms in total. The second-order valence-corrected chi connectivity index (χ2v) is 6.23. The lowest BCUT2D eigenvalue weighted by molar-refractivity contribution is 0.525. The fourth-order valence-electron chi connectivity index (χ4n) is 2.76. The lowest BCUT2D eigenvalue weighted by Gasteiger charge is -2.13. The summed E-state index contributed by atoms with van der Waals surface area (Å²) in [4.78, 5) is 5.75. The zero-order valence-corrected chi connectivity index (χ0v) is 11.6. The average molecular weight is 258 g/mol. The minimum atomic E-state index is 0.460. The van der Waals surface area contributed by atoms with Crippen LogP contribution < -0.4 is 5.32 Å². The van der Waals surface area contributed by atoms with Gasteiger partial charge in [0.15, 0.2) is 0 Å². The Morgan fingerprint density at radius 2 is 2.11 bits per heavy atom. The number of aromatic nitrogens is 1. The number of benzene rings is 1. The first-order valence-corrected chi connectivity index (χ1v) is 7.26. The maximum atomic E-state index is 4.37. The van der Waals surface area contributed by atoms with E-state index in [0.29, 0.717) is 12.0 Å². The van der Waals surface area contributed by atoms with Crippen LogP contribution in [0.4, 0.5) is 0 Å². The van der Waals surface area contributed by atoms with Crippen LogP contribution in [0.15, 0.2) is 36.5 Å². The monoisotopic (exact) mass is 258 g/mol. The van der Waals surface area contributed by atoms with Crippen LogP contribution in [0.2, 0.25) is 0 Å². The summed E-state index contributed by atoms with van der Waals surface area (Å²) in [7, 11) is 2.06. The molecule has 3 rings (SSSR count). The Hall–Kier alpha value is -1.19. The fourth-order valence-corrected chi connectivity index (χ4v) is 3.73. The van der Waals surface area contributed by atoms with E-state index in [1.165, 1.54) is 16.9 Å². The maximum Gasteiger partial charge on any atom is 0.0897 e. The molecule has 0 amide bonds. The van der Waals surface area contributed by atoms with Gasteiger partial charge < -0.3 is 5.32 Å². The van der Waals surface area contributed by atoms with Crippen LogP contribution in [0.1, 0.15) is 33.8 Å². The molecule has 0 aliphatic heterocycles. The molecule has 1 aromatic heterocycles. The van der Waals surface area contributed by atoms with Crippen molar-refractivity contribution in [3.05, 3.63) is 52.0 Å². The molecule has 1 heterocycles. The predicted octanol–water partition coefficient (Wildman–Crippen LogP) is 3.52. The van der Waals surface area contributed by atoms with Gasteiger partial charge in [-0.15, -0.1) is 11.3 Å². The summed E-state index contributed by atoms with van der Waals surface area (Å²) in [5.74, 6) is 1.43. The summed E-state index contributed by atoms with van der Waals surface area (Å²) in [5, 5.41) is 4.62. The molecule has 3 heteroatoms. The lowest BCUT2D eigenvalue weighted by Crippen LogP contribution is -2.17. The first-order valence-electron chi connectivity index (χ1n) is 6.44. The number of nitrogens with one attached hydrogen (secondary N) is 1. The van der Waals surface area contributed by atoms with Crippen molar-refractivity contribution in [3.63, 3.8) is 0 Å². The Morgan fingerprint density at radius 3 is 2.72 bits per heavy atom. The van der Waals surface area contributed by atoms with Crippen LogP contribution in [0, 0.1) is 12.8 Å². The van der Waals surface area contributed by atoms with Gasteiger partial charge in [-0.05, 0) is 37.8 Å². The molecular weight excluding hydrogens is 240 g/mol. The number of rotatable bonds is 4. The van der Waals surface area contributed by atoms with E-state index in [4.69, 9.17) is 0 Å². The molecule has 1 aromatic carbocycles. The largest absolute Gasteiger partial charge is 0.312 e. The van der Waals surface area contributed by atoms with E-state index in [1.54, 1.807) is 0 Å². The highest BCUT2D eigenvalue weighted by atomic mass is 32.1. The van der Waals surface area contributed by atoms with Crippen molar-refractivity contribution in [2.45, 2.75) is 25.3 Å². The molecule has 3 atom stereocenters. The number of hydrogen-bond acceptors (Lipinski definition) is 3. The molecule has 1 aliphatic carbocycles. The summed E-state index contributed by atoms with van der Waals surface area (Å²) < 4.78 is 0. The van der Waals surface area contributed by atoms with E-state index in [2.05, 4.69) is 54.6 Å². The van der Waals surface area contributed by atoms with E-state index in [-0.39, 0.29) is 0 Å². The summed E-state index contributed by atoms with van der Waals surface area (Å²) in [6.07, 6.45) is 3.31. The molecule has 0 radical (unpaired) electrons. The van der Waals surface area contributed by atoms with Crippen LogP contribution in [0.3, 0.4) is 0 Å². The van der Waals surface area contributed by atoms with Gasteiger partial charge in [-0.3, -0.25) is 0 Å². The van der Waals surface area contributed by atoms with Gasteiger partial charge in [-0.2, -0.15) is 0 Å². The fraction of sp³-hybridized carbons (Fsp3) is 0.400. The van der Waals surface area contributed by atoms with Gasteiger partial charge >= 0.3 is 0 Å². The van der Waals surface area contributed by atoms with Crippen LogP contribution >= 0.6 is 11.3 Å². The average Bonchev–Trinajstić information content (AvgIpc) is 3.07. The molecule has 0 bridgehead atoms. The van der Waals surface area contributed by atoms with Gasteiger partial charge in [0.1, 0.15) is 0 Å². The highest BCUT2D eigenvalue weighted by molar-refractivity contribution is 7.11. The van der Waals surface area contributed by atoms with E-state index >= 15 is 0 Å². The molecule has 2 aromatic rings. The Kier molecular flexibility index (Phi) is 3.18. The molecular formula is C15H18N2S. The van der Waals surface area contributed by atoms with Crippen molar-refractivity contribution in [3.8, 4) is 0 Å². The van der Waals surface area contributed by atoms with Crippen molar-refractivity contribution in [2.75, 3.05) is 7.05 Å². The molecule has 0 saturated heterocycles. The van der Waals surface area contributed by atoms with Crippen molar-refractivity contribution < 1.29 is 0 Å². The molecule has 1 N–H and O–H groups in total. The van der Waals surface area contributed by atoms with E-state index < -0.39 is 0 Å². The third-order valence-electron chi connectivity index (χ3n) is 3.75. The molecule has 0 spiro atoms. The van der Waals surface area contributed by atoms with Gasteiger partial charge in [0.05, 0.1) is 5.01 Å². The summed E-state index contributed by atoms with van der Waals surface area (Å²) in [6.45, 7) is 2.07. The Labute approximate surface area is 112 Å². The van der Waals surface area contributed by atoms with Crippen LogP contribution in [0.25, 0.3) is 0 Å². The van der Waals surface area contributed by atoms with Crippen molar-refractivity contribution >= 4 is 11.3 Å². The van der Waals surface area contributed by atoms with Gasteiger partial charge in [0.2, 0.25) is 0 Å². The quantitative estimate of drug-likeness (QED) is 0.907. The minimum Gasteiger partial charge on any atom is -0.312 e. The maximum absolute atomic E-state index is 4.37. The number of thiazole rings is 1. The normalized spacial score (nSPS) is 23.9. The Bertz CT molecular complexity index is 520. The molecule has 1 saturated carbocycles. The zero-order chi connectivity index (χ0) is 12.5. The third kappa shape index (κ3) is 2.20. The highest BCUT2D eigenvalue weighted by Crippen LogP contribution is 2.54. The molecule has 94 valence electrons. The van der Waals surface area contributed by atoms with Crippen molar-refractivity contribution in [1.29, 1.82) is 0 Å². The van der Waals surface area contributed by atoms with E-state index in [0.717, 1.165) is 10.9 Å². The predicted molar refractivity (Wildman–Crippen MR) is 75.9 cm³/mol. The SMILES string of the molecule is CNC(c1cnc(C)s1)C1CC1c1ccccc1. The van der Waals surface area contributed by atoms with Gasteiger partial charge in [-0.25, -0.2) is 4.98 Å². The second-order valence-electron chi connectivity index (χ2n) is 4.96. The van der Waals surface area contributed by atoms with Crippen molar-refractivity contribution in [2.24, 2.45) is 5.92 Å². The summed E-state index contributed by atoms with van der Waals surface area (Å²) in [6, 6.07) is 11.3. The summed E-state index contributed by atoms with van der Waals surface area (Å²) in [5.41, 5.74) is 1.48. The van der Waals surface area contributed by atoms with E-state index in [9.17, 15) is 0 Å². The Morgan fingerprint density at radius 1 is 1.33 bits per heavy atom. The Balaban J connectivity index is 1.76. The lowest BCUT2D eigenvalue weighted by atomic mass is 10.0. The summed E-state index contributed by atoms with van der Waals surface area (Å²) >= 11 is 1.81. The van der Waals surface area contributed by atoms with Crippen LogP contribution in [0.5, 0.6) is 0 Å². The number of nitrogens with zero attached hydrogens (tertiary/aromatic N) is 1. The number of hydrogen-bond donors (Lipinski definition) is 1. The first-order chi connectivity index (χ1) is 8.79. The van der Waals surface area contributed by atoms with Crippen LogP contribution in [-0.4, -0.2) is 12.0 Å². The minimum absolute atomic E-state index is 0.460. The van der Waals surface area contributed by atoms with Gasteiger partial charge in [-0.1, -0.05) is 30.3 Å². The molecule has 3 unspecified atom stereocenters. The smallest absolute Gasteiger partial charge is 0.0897 e. The first kappa shape index (κ1) is 11.9. The standard InChI is InChI=1S/C15H18N2S/c1-10-17-9-14(18-10)15(16-2)13-8-12(13)11-6-4-3-5-7-11/h3-7,9,12-13,15-16H,8H2,1-2H3. The number of aryl methyl sites for hydroxylation is 1. The zero-order valence-electron chi connectivity index (χ0n) is 10.8. The topological polar surface area (TPSA) is 24.9 Å². The van der Waals surface area contributed by atoms with Gasteiger partial charge in [0.25, 0.3) is 0 Å². The second kappa shape index (κ2) is 4.82. The molecule has 1 aliphatic rings. The molecule has 1 fully saturated rings. The van der Waals surface area contributed by atoms with E-state index in [1.807, 2.05) is 17.5 Å². The third-order valence-corrected chi connectivity index (χ3v) is 4.75. The van der Waals surface area contributed by atoms with Crippen LogP contribution in [-0.2, 0) is 0 Å². The highest BCUT2D eigenvalue weighted by Gasteiger charge is 2.44. The molecule has 18 heavy (non-hydrogen) atoms.